The number of amides is 1. The van der Waals surface area contributed by atoms with Gasteiger partial charge < -0.3 is 14.8 Å². The van der Waals surface area contributed by atoms with Gasteiger partial charge in [0.2, 0.25) is 5.91 Å². The molecule has 40 heavy (non-hydrogen) atoms. The lowest BCUT2D eigenvalue weighted by molar-refractivity contribution is -0.114. The van der Waals surface area contributed by atoms with E-state index >= 15 is 0 Å². The van der Waals surface area contributed by atoms with Crippen LogP contribution in [-0.2, 0) is 24.8 Å². The minimum absolute atomic E-state index is 0.0253. The minimum atomic E-state index is -4.21. The third kappa shape index (κ3) is 6.50. The highest BCUT2D eigenvalue weighted by atomic mass is 32.2. The van der Waals surface area contributed by atoms with Crippen molar-refractivity contribution in [3.8, 4) is 11.5 Å². The van der Waals surface area contributed by atoms with E-state index in [2.05, 4.69) is 15.0 Å². The van der Waals surface area contributed by atoms with Crippen molar-refractivity contribution in [2.45, 2.75) is 9.79 Å². The minimum Gasteiger partial charge on any atom is -0.497 e. The highest BCUT2D eigenvalue weighted by Gasteiger charge is 2.30. The van der Waals surface area contributed by atoms with Crippen molar-refractivity contribution in [3.05, 3.63) is 97.2 Å². The number of nitrogens with zero attached hydrogens (tertiary/aromatic N) is 2. The first kappa shape index (κ1) is 28.4. The summed E-state index contributed by atoms with van der Waals surface area (Å²) in [4.78, 5) is 17.0. The first-order valence-electron chi connectivity index (χ1n) is 11.8. The van der Waals surface area contributed by atoms with Crippen molar-refractivity contribution < 1.29 is 31.1 Å². The van der Waals surface area contributed by atoms with E-state index in [-0.39, 0.29) is 32.7 Å². The molecule has 0 spiro atoms. The molecule has 0 atom stereocenters. The smallest absolute Gasteiger partial charge is 0.264 e. The van der Waals surface area contributed by atoms with E-state index in [4.69, 9.17) is 9.47 Å². The van der Waals surface area contributed by atoms with Gasteiger partial charge in [0.25, 0.3) is 20.0 Å². The molecule has 4 rings (SSSR count). The molecule has 0 fully saturated rings. The van der Waals surface area contributed by atoms with Gasteiger partial charge in [0.15, 0.2) is 0 Å². The van der Waals surface area contributed by atoms with Crippen LogP contribution < -0.4 is 23.8 Å². The van der Waals surface area contributed by atoms with E-state index in [1.54, 1.807) is 36.4 Å². The summed E-state index contributed by atoms with van der Waals surface area (Å²) in [5.41, 5.74) is 0.361. The summed E-state index contributed by atoms with van der Waals surface area (Å²) < 4.78 is 66.6. The Labute approximate surface area is 232 Å². The van der Waals surface area contributed by atoms with Gasteiger partial charge in [-0.1, -0.05) is 24.3 Å². The Hall–Kier alpha value is -4.62. The molecule has 1 aromatic heterocycles. The Morgan fingerprint density at radius 2 is 1.52 bits per heavy atom. The van der Waals surface area contributed by atoms with Crippen molar-refractivity contribution in [2.24, 2.45) is 0 Å². The molecule has 0 saturated carbocycles. The van der Waals surface area contributed by atoms with Crippen LogP contribution in [0.2, 0.25) is 0 Å². The molecule has 1 heterocycles. The maximum atomic E-state index is 13.7. The number of pyridine rings is 1. The number of nitrogens with one attached hydrogen (secondary N) is 2. The first-order valence-corrected chi connectivity index (χ1v) is 14.7. The molecule has 0 unspecified atom stereocenters. The fraction of sp³-hybridized carbons (Fsp3) is 0.111. The van der Waals surface area contributed by atoms with Crippen molar-refractivity contribution in [1.29, 1.82) is 0 Å². The Bertz CT molecular complexity index is 1680. The van der Waals surface area contributed by atoms with Crippen LogP contribution in [0.25, 0.3) is 0 Å². The maximum absolute atomic E-state index is 13.7. The van der Waals surface area contributed by atoms with Crippen LogP contribution in [0.15, 0.2) is 107 Å². The van der Waals surface area contributed by atoms with E-state index in [1.807, 2.05) is 0 Å². The summed E-state index contributed by atoms with van der Waals surface area (Å²) in [6.07, 6.45) is 1.46. The number of carbonyl (C=O) groups excluding carboxylic acids is 1. The number of ether oxygens (including phenoxy) is 2. The SMILES string of the molecule is COc1ccc(OC)c(N(CC(=O)Nc2ccc(S(=O)(=O)Nc3ccccn3)cc2)S(=O)(=O)c2ccccc2)c1. The van der Waals surface area contributed by atoms with Crippen LogP contribution in [-0.4, -0.2) is 48.5 Å². The summed E-state index contributed by atoms with van der Waals surface area (Å²) in [6, 6.07) is 22.5. The Kier molecular flexibility index (Phi) is 8.55. The standard InChI is InChI=1S/C27H26N4O7S2/c1-37-21-13-16-25(38-2)24(18-21)31(40(35,36)23-8-4-3-5-9-23)19-27(32)29-20-11-14-22(15-12-20)39(33,34)30-26-10-6-7-17-28-26/h3-18H,19H2,1-2H3,(H,28,30)(H,29,32). The molecular formula is C27H26N4O7S2. The number of carbonyl (C=O) groups is 1. The van der Waals surface area contributed by atoms with Crippen molar-refractivity contribution in [3.63, 3.8) is 0 Å². The zero-order valence-corrected chi connectivity index (χ0v) is 23.1. The van der Waals surface area contributed by atoms with E-state index in [9.17, 15) is 21.6 Å². The first-order chi connectivity index (χ1) is 19.1. The highest BCUT2D eigenvalue weighted by Crippen LogP contribution is 2.35. The number of methoxy groups -OCH3 is 2. The Balaban J connectivity index is 1.59. The lowest BCUT2D eigenvalue weighted by Crippen LogP contribution is -2.38. The van der Waals surface area contributed by atoms with Crippen molar-refractivity contribution in [2.75, 3.05) is 35.1 Å². The molecule has 208 valence electrons. The number of sulfonamides is 2. The number of anilines is 3. The summed E-state index contributed by atoms with van der Waals surface area (Å²) in [5, 5.41) is 2.62. The summed E-state index contributed by atoms with van der Waals surface area (Å²) in [5.74, 6) is 0.0582. The summed E-state index contributed by atoms with van der Waals surface area (Å²) >= 11 is 0. The quantitative estimate of drug-likeness (QED) is 0.272. The van der Waals surface area contributed by atoms with Crippen LogP contribution in [0.5, 0.6) is 11.5 Å². The monoisotopic (exact) mass is 582 g/mol. The van der Waals surface area contributed by atoms with Gasteiger partial charge in [-0.25, -0.2) is 21.8 Å². The van der Waals surface area contributed by atoms with Crippen molar-refractivity contribution in [1.82, 2.24) is 4.98 Å². The average Bonchev–Trinajstić information content (AvgIpc) is 2.96. The third-order valence-electron chi connectivity index (χ3n) is 5.63. The molecular weight excluding hydrogens is 556 g/mol. The molecule has 2 N–H and O–H groups in total. The Morgan fingerprint density at radius 3 is 2.15 bits per heavy atom. The number of hydrogen-bond acceptors (Lipinski definition) is 8. The van der Waals surface area contributed by atoms with Crippen LogP contribution in [0.4, 0.5) is 17.2 Å². The summed E-state index contributed by atoms with van der Waals surface area (Å²) in [6.45, 7) is -0.609. The van der Waals surface area contributed by atoms with Gasteiger partial charge in [0, 0.05) is 18.0 Å². The molecule has 3 aromatic carbocycles. The molecule has 0 aliphatic carbocycles. The largest absolute Gasteiger partial charge is 0.497 e. The van der Waals surface area contributed by atoms with Gasteiger partial charge in [0.05, 0.1) is 29.7 Å². The fourth-order valence-corrected chi connectivity index (χ4v) is 6.13. The second-order valence-electron chi connectivity index (χ2n) is 8.26. The molecule has 4 aromatic rings. The molecule has 0 radical (unpaired) electrons. The maximum Gasteiger partial charge on any atom is 0.264 e. The van der Waals surface area contributed by atoms with Gasteiger partial charge in [-0.05, 0) is 60.7 Å². The second-order valence-corrected chi connectivity index (χ2v) is 11.8. The molecule has 0 bridgehead atoms. The molecule has 0 aliphatic heterocycles. The van der Waals surface area contributed by atoms with Gasteiger partial charge in [-0.3, -0.25) is 13.8 Å². The number of rotatable bonds is 11. The van der Waals surface area contributed by atoms with E-state index < -0.39 is 32.5 Å². The van der Waals surface area contributed by atoms with Crippen LogP contribution in [0, 0.1) is 0 Å². The van der Waals surface area contributed by atoms with Gasteiger partial charge in [-0.2, -0.15) is 0 Å². The zero-order chi connectivity index (χ0) is 28.8. The number of benzene rings is 3. The fourth-order valence-electron chi connectivity index (χ4n) is 3.68. The second kappa shape index (κ2) is 12.1. The molecule has 11 nitrogen and oxygen atoms in total. The molecule has 1 amide bonds. The number of aromatic nitrogens is 1. The van der Waals surface area contributed by atoms with Gasteiger partial charge in [-0.15, -0.1) is 0 Å². The van der Waals surface area contributed by atoms with E-state index in [0.717, 1.165) is 4.31 Å². The number of hydrogen-bond donors (Lipinski definition) is 2. The normalized spacial score (nSPS) is 11.3. The van der Waals surface area contributed by atoms with Crippen LogP contribution in [0.3, 0.4) is 0 Å². The Morgan fingerprint density at radius 1 is 0.825 bits per heavy atom. The molecule has 0 aliphatic rings. The third-order valence-corrected chi connectivity index (χ3v) is 8.77. The zero-order valence-electron chi connectivity index (χ0n) is 21.5. The van der Waals surface area contributed by atoms with Crippen molar-refractivity contribution >= 4 is 43.1 Å². The predicted molar refractivity (Wildman–Crippen MR) is 151 cm³/mol. The highest BCUT2D eigenvalue weighted by molar-refractivity contribution is 7.93. The lowest BCUT2D eigenvalue weighted by atomic mass is 10.2. The average molecular weight is 583 g/mol. The predicted octanol–water partition coefficient (Wildman–Crippen LogP) is 3.73. The van der Waals surface area contributed by atoms with E-state index in [1.165, 1.54) is 75.0 Å². The molecule has 13 heteroatoms. The van der Waals surface area contributed by atoms with Crippen LogP contribution in [0.1, 0.15) is 0 Å². The van der Waals surface area contributed by atoms with Crippen LogP contribution >= 0.6 is 0 Å². The van der Waals surface area contributed by atoms with Gasteiger partial charge >= 0.3 is 0 Å². The lowest BCUT2D eigenvalue weighted by Gasteiger charge is -2.26. The topological polar surface area (TPSA) is 144 Å². The van der Waals surface area contributed by atoms with Gasteiger partial charge in [0.1, 0.15) is 23.9 Å². The molecule has 0 saturated heterocycles. The summed E-state index contributed by atoms with van der Waals surface area (Å²) in [7, 11) is -5.31. The van der Waals surface area contributed by atoms with E-state index in [0.29, 0.717) is 5.75 Å².